The van der Waals surface area contributed by atoms with Crippen molar-refractivity contribution < 1.29 is 40.4 Å². The Kier molecular flexibility index (Phi) is 6.09. The van der Waals surface area contributed by atoms with Crippen LogP contribution in [0.1, 0.15) is 16.7 Å². The summed E-state index contributed by atoms with van der Waals surface area (Å²) in [6.45, 7) is -0.261. The minimum Gasteiger partial charge on any atom is -0.335 e. The van der Waals surface area contributed by atoms with Crippen LogP contribution in [0.2, 0.25) is 0 Å². The van der Waals surface area contributed by atoms with Crippen LogP contribution in [0, 0.1) is 17.5 Å². The number of hydrogen-bond donors (Lipinski definition) is 1. The van der Waals surface area contributed by atoms with Crippen molar-refractivity contribution in [1.82, 2.24) is 10.4 Å². The van der Waals surface area contributed by atoms with E-state index < -0.39 is 40.5 Å². The summed E-state index contributed by atoms with van der Waals surface area (Å²) in [5, 5.41) is 0. The molecule has 1 saturated heterocycles. The lowest BCUT2D eigenvalue weighted by Crippen LogP contribution is -2.59. The molecule has 182 valence electrons. The lowest BCUT2D eigenvalue weighted by Gasteiger charge is -2.44. The van der Waals surface area contributed by atoms with Gasteiger partial charge in [0.05, 0.1) is 24.5 Å². The maximum Gasteiger partial charge on any atom is 0.428 e. The second-order valence-electron chi connectivity index (χ2n) is 7.97. The number of halogens is 7. The smallest absolute Gasteiger partial charge is 0.335 e. The highest BCUT2D eigenvalue weighted by Gasteiger charge is 2.60. The van der Waals surface area contributed by atoms with Crippen LogP contribution < -0.4 is 5.48 Å². The topological polar surface area (TPSA) is 41.6 Å². The van der Waals surface area contributed by atoms with Crippen LogP contribution in [0.5, 0.6) is 0 Å². The second kappa shape index (κ2) is 8.49. The van der Waals surface area contributed by atoms with Gasteiger partial charge in [-0.3, -0.25) is 15.1 Å². The number of benzene rings is 2. The van der Waals surface area contributed by atoms with Gasteiger partial charge in [0.25, 0.3) is 0 Å². The fraction of sp³-hybridized carbons (Fsp3) is 0.318. The zero-order valence-electron chi connectivity index (χ0n) is 17.5. The molecule has 2 aliphatic rings. The maximum atomic E-state index is 15.1. The van der Waals surface area contributed by atoms with Crippen LogP contribution in [-0.2, 0) is 20.9 Å². The van der Waals surface area contributed by atoms with Crippen molar-refractivity contribution in [2.45, 2.75) is 17.4 Å². The number of nitrogens with one attached hydrogen (secondary N) is 1. The first-order chi connectivity index (χ1) is 15.9. The molecule has 1 atom stereocenters. The Morgan fingerprint density at radius 2 is 1.68 bits per heavy atom. The number of alkyl halides is 4. The number of thioether (sulfide) groups is 1. The van der Waals surface area contributed by atoms with Crippen molar-refractivity contribution >= 4 is 23.4 Å². The summed E-state index contributed by atoms with van der Waals surface area (Å²) in [6.07, 6.45) is -2.84. The Labute approximate surface area is 193 Å². The molecule has 1 fully saturated rings. The molecule has 4 rings (SSSR count). The number of nitrogens with zero attached hydrogens (tertiary/aromatic N) is 1. The zero-order chi connectivity index (χ0) is 24.9. The molecule has 0 aromatic heterocycles. The predicted octanol–water partition coefficient (Wildman–Crippen LogP) is 4.81. The molecule has 12 heteroatoms. The van der Waals surface area contributed by atoms with E-state index >= 15 is 4.39 Å². The highest BCUT2D eigenvalue weighted by Crippen LogP contribution is 2.48. The molecule has 0 aliphatic carbocycles. The van der Waals surface area contributed by atoms with Gasteiger partial charge in [-0.2, -0.15) is 24.9 Å². The van der Waals surface area contributed by atoms with Crippen LogP contribution in [0.15, 0.2) is 42.5 Å². The minimum absolute atomic E-state index is 0.130. The molecule has 2 aromatic rings. The summed E-state index contributed by atoms with van der Waals surface area (Å²) in [5.41, 5.74) is -3.73. The van der Waals surface area contributed by atoms with Crippen molar-refractivity contribution in [2.75, 3.05) is 25.1 Å². The summed E-state index contributed by atoms with van der Waals surface area (Å²) in [6, 6.07) is 5.87. The summed E-state index contributed by atoms with van der Waals surface area (Å²) >= 11 is 1.32. The van der Waals surface area contributed by atoms with Crippen molar-refractivity contribution in [3.05, 3.63) is 76.6 Å². The van der Waals surface area contributed by atoms with Gasteiger partial charge >= 0.3 is 6.18 Å². The average Bonchev–Trinajstić information content (AvgIpc) is 3.22. The molecule has 0 bridgehead atoms. The van der Waals surface area contributed by atoms with Gasteiger partial charge in [0.2, 0.25) is 11.5 Å². The molecule has 1 unspecified atom stereocenters. The third-order valence-electron chi connectivity index (χ3n) is 5.72. The number of hydrogen-bond acceptors (Lipinski definition) is 4. The second-order valence-corrected chi connectivity index (χ2v) is 8.84. The third-order valence-corrected chi connectivity index (χ3v) is 6.26. The Hall–Kier alpha value is -2.73. The van der Waals surface area contributed by atoms with E-state index in [1.54, 1.807) is 6.26 Å². The Bertz CT molecular complexity index is 1120. The van der Waals surface area contributed by atoms with Crippen LogP contribution in [0.4, 0.5) is 30.7 Å². The largest absolute Gasteiger partial charge is 0.428 e. The Morgan fingerprint density at radius 1 is 1.09 bits per heavy atom. The van der Waals surface area contributed by atoms with E-state index in [1.807, 2.05) is 0 Å². The van der Waals surface area contributed by atoms with E-state index in [4.69, 9.17) is 4.84 Å². The Morgan fingerprint density at radius 3 is 2.21 bits per heavy atom. The zero-order valence-corrected chi connectivity index (χ0v) is 18.3. The lowest BCUT2D eigenvalue weighted by atomic mass is 9.87. The van der Waals surface area contributed by atoms with E-state index in [9.17, 15) is 31.1 Å². The van der Waals surface area contributed by atoms with Crippen molar-refractivity contribution in [2.24, 2.45) is 0 Å². The quantitative estimate of drug-likeness (QED) is 0.467. The molecule has 2 aliphatic heterocycles. The monoisotopic (exact) mass is 506 g/mol. The number of amides is 1. The van der Waals surface area contributed by atoms with Gasteiger partial charge in [-0.05, 0) is 35.6 Å². The highest BCUT2D eigenvalue weighted by molar-refractivity contribution is 7.99. The van der Waals surface area contributed by atoms with Gasteiger partial charge in [0, 0.05) is 5.56 Å². The number of hydroxylamine groups is 1. The number of carbonyl (C=O) groups is 1. The van der Waals surface area contributed by atoms with Gasteiger partial charge in [0.1, 0.15) is 0 Å². The molecular weight excluding hydrogens is 489 g/mol. The first-order valence-electron chi connectivity index (χ1n) is 9.85. The van der Waals surface area contributed by atoms with Crippen LogP contribution in [0.3, 0.4) is 0 Å². The standard InChI is InChI=1S/C22H17F7N2O2S/c1-34-9-18(32)31-10-20(26,11-31)13-4-2-12(3-5-13)17-8-21(33-30-17,22(27,28)29)14-6-15(23)19(25)16(24)7-14/h2-8,30H,9-11H2,1H3. The molecule has 0 spiro atoms. The summed E-state index contributed by atoms with van der Waals surface area (Å²) in [5.74, 6) is -5.46. The number of likely N-dealkylation sites (tertiary alicyclic amines) is 1. The molecule has 4 nitrogen and oxygen atoms in total. The van der Waals surface area contributed by atoms with Crippen LogP contribution in [-0.4, -0.2) is 42.1 Å². The van der Waals surface area contributed by atoms with Gasteiger partial charge in [-0.15, -0.1) is 0 Å². The van der Waals surface area contributed by atoms with E-state index in [0.29, 0.717) is 6.08 Å². The first-order valence-corrected chi connectivity index (χ1v) is 11.2. The van der Waals surface area contributed by atoms with E-state index in [0.717, 1.165) is 0 Å². The van der Waals surface area contributed by atoms with Crippen molar-refractivity contribution in [3.63, 3.8) is 0 Å². The predicted molar refractivity (Wildman–Crippen MR) is 110 cm³/mol. The van der Waals surface area contributed by atoms with Gasteiger partial charge in [0.15, 0.2) is 23.1 Å². The molecule has 0 radical (unpaired) electrons. The number of rotatable bonds is 5. The molecule has 0 saturated carbocycles. The molecule has 34 heavy (non-hydrogen) atoms. The van der Waals surface area contributed by atoms with Crippen LogP contribution in [0.25, 0.3) is 5.70 Å². The SMILES string of the molecule is CSCC(=O)N1CC(F)(c2ccc(C3=CC(c4cc(F)c(F)c(F)c4)(C(F)(F)F)ON3)cc2)C1. The highest BCUT2D eigenvalue weighted by atomic mass is 32.2. The average molecular weight is 506 g/mol. The molecule has 2 heterocycles. The molecule has 1 N–H and O–H groups in total. The Balaban J connectivity index is 1.61. The van der Waals surface area contributed by atoms with Gasteiger partial charge < -0.3 is 4.90 Å². The fourth-order valence-electron chi connectivity index (χ4n) is 3.84. The van der Waals surface area contributed by atoms with Gasteiger partial charge in [-0.25, -0.2) is 17.6 Å². The maximum absolute atomic E-state index is 15.1. The summed E-state index contributed by atoms with van der Waals surface area (Å²) < 4.78 is 97.5. The van der Waals surface area contributed by atoms with Crippen molar-refractivity contribution in [1.29, 1.82) is 0 Å². The minimum atomic E-state index is -5.17. The molecule has 1 amide bonds. The van der Waals surface area contributed by atoms with Crippen molar-refractivity contribution in [3.8, 4) is 0 Å². The van der Waals surface area contributed by atoms with E-state index in [-0.39, 0.29) is 53.7 Å². The summed E-state index contributed by atoms with van der Waals surface area (Å²) in [7, 11) is 0. The summed E-state index contributed by atoms with van der Waals surface area (Å²) in [4.78, 5) is 18.0. The lowest BCUT2D eigenvalue weighted by molar-refractivity contribution is -0.269. The van der Waals surface area contributed by atoms with E-state index in [2.05, 4.69) is 5.48 Å². The van der Waals surface area contributed by atoms with E-state index in [1.165, 1.54) is 40.9 Å². The number of carbonyl (C=O) groups excluding carboxylic acids is 1. The van der Waals surface area contributed by atoms with Gasteiger partial charge in [-0.1, -0.05) is 24.3 Å². The normalized spacial score (nSPS) is 21.6. The third kappa shape index (κ3) is 4.02. The fourth-order valence-corrected chi connectivity index (χ4v) is 4.27. The first kappa shape index (κ1) is 24.4. The van der Waals surface area contributed by atoms with Crippen LogP contribution >= 0.6 is 11.8 Å². The molecule has 2 aromatic carbocycles. The molecular formula is C22H17F7N2O2S.